The van der Waals surface area contributed by atoms with Crippen molar-refractivity contribution >= 4 is 17.5 Å². The first kappa shape index (κ1) is 22.1. The molecule has 0 atom stereocenters. The molecule has 4 aromatic rings. The highest BCUT2D eigenvalue weighted by Crippen LogP contribution is 2.41. The van der Waals surface area contributed by atoms with Crippen LogP contribution in [0.5, 0.6) is 0 Å². The molecule has 3 aromatic carbocycles. The number of carbonyl (C=O) groups is 1. The van der Waals surface area contributed by atoms with E-state index in [-0.39, 0.29) is 6.03 Å². The molecule has 1 aromatic heterocycles. The van der Waals surface area contributed by atoms with Crippen molar-refractivity contribution in [3.8, 4) is 0 Å². The summed E-state index contributed by atoms with van der Waals surface area (Å²) >= 11 is 0. The lowest BCUT2D eigenvalue weighted by Gasteiger charge is -2.38. The molecule has 0 radical (unpaired) electrons. The van der Waals surface area contributed by atoms with Crippen molar-refractivity contribution in [3.63, 3.8) is 0 Å². The van der Waals surface area contributed by atoms with Crippen LogP contribution in [0.4, 0.5) is 16.3 Å². The van der Waals surface area contributed by atoms with E-state index in [0.29, 0.717) is 18.1 Å². The first-order chi connectivity index (χ1) is 16.1. The highest BCUT2D eigenvalue weighted by Gasteiger charge is 2.37. The van der Waals surface area contributed by atoms with Crippen LogP contribution in [-0.2, 0) is 12.6 Å². The van der Waals surface area contributed by atoms with Crippen molar-refractivity contribution in [2.45, 2.75) is 18.9 Å². The van der Waals surface area contributed by atoms with Crippen LogP contribution >= 0.6 is 0 Å². The van der Waals surface area contributed by atoms with Crippen LogP contribution < -0.4 is 16.0 Å². The Balaban J connectivity index is 1.88. The smallest absolute Gasteiger partial charge is 0.319 e. The second kappa shape index (κ2) is 10.0. The number of hydrogen-bond donors (Lipinski definition) is 3. The maximum Gasteiger partial charge on any atom is 0.319 e. The third kappa shape index (κ3) is 4.60. The number of urea groups is 1. The molecule has 0 unspecified atom stereocenters. The summed E-state index contributed by atoms with van der Waals surface area (Å²) in [4.78, 5) is 12.4. The molecule has 0 spiro atoms. The van der Waals surface area contributed by atoms with E-state index in [1.54, 1.807) is 10.9 Å². The normalized spacial score (nSPS) is 11.1. The van der Waals surface area contributed by atoms with Crippen LogP contribution in [0, 0.1) is 0 Å². The fraction of sp³-hybridized carbons (Fsp3) is 0.185. The van der Waals surface area contributed by atoms with Crippen molar-refractivity contribution in [2.75, 3.05) is 17.2 Å². The molecule has 6 nitrogen and oxygen atoms in total. The number of hydrogen-bond acceptors (Lipinski definition) is 3. The van der Waals surface area contributed by atoms with Gasteiger partial charge in [-0.05, 0) is 23.1 Å². The Morgan fingerprint density at radius 1 is 0.848 bits per heavy atom. The summed E-state index contributed by atoms with van der Waals surface area (Å²) in [5, 5.41) is 14.0. The standard InChI is InChI=1S/C27H29N5O/c1-3-19-28-26(33)30-24-20-29-32(2)25(24)31-27(21-13-7-4-8-14-21,22-15-9-5-10-16-22)23-17-11-6-12-18-23/h4-18,20,31H,3,19H2,1-2H3,(H2,28,30,33). The van der Waals surface area contributed by atoms with Crippen molar-refractivity contribution < 1.29 is 4.79 Å². The van der Waals surface area contributed by atoms with E-state index in [0.717, 1.165) is 23.1 Å². The fourth-order valence-corrected chi connectivity index (χ4v) is 4.04. The molecule has 3 N–H and O–H groups in total. The molecule has 0 saturated heterocycles. The van der Waals surface area contributed by atoms with Gasteiger partial charge in [-0.2, -0.15) is 5.10 Å². The zero-order chi connectivity index (χ0) is 23.1. The van der Waals surface area contributed by atoms with Gasteiger partial charge in [0.1, 0.15) is 17.0 Å². The number of aromatic nitrogens is 2. The summed E-state index contributed by atoms with van der Waals surface area (Å²) in [6, 6.07) is 30.7. The summed E-state index contributed by atoms with van der Waals surface area (Å²) in [7, 11) is 1.86. The molecule has 168 valence electrons. The predicted molar refractivity (Wildman–Crippen MR) is 133 cm³/mol. The lowest BCUT2D eigenvalue weighted by molar-refractivity contribution is 0.252. The molecule has 0 fully saturated rings. The van der Waals surface area contributed by atoms with Gasteiger partial charge < -0.3 is 16.0 Å². The van der Waals surface area contributed by atoms with Crippen LogP contribution in [0.2, 0.25) is 0 Å². The summed E-state index contributed by atoms with van der Waals surface area (Å²) < 4.78 is 1.75. The van der Waals surface area contributed by atoms with Gasteiger partial charge in [0.15, 0.2) is 0 Å². The minimum atomic E-state index is -0.714. The number of rotatable bonds is 8. The summed E-state index contributed by atoms with van der Waals surface area (Å²) in [5.41, 5.74) is 3.12. The summed E-state index contributed by atoms with van der Waals surface area (Å²) in [6.07, 6.45) is 2.53. The van der Waals surface area contributed by atoms with Gasteiger partial charge in [0.05, 0.1) is 6.20 Å². The summed E-state index contributed by atoms with van der Waals surface area (Å²) in [5.74, 6) is 0.707. The first-order valence-electron chi connectivity index (χ1n) is 11.2. The third-order valence-corrected chi connectivity index (χ3v) is 5.65. The SMILES string of the molecule is CCCNC(=O)Nc1cnn(C)c1NC(c1ccccc1)(c1ccccc1)c1ccccc1. The molecular formula is C27H29N5O. The molecule has 2 amide bonds. The van der Waals surface area contributed by atoms with Gasteiger partial charge in [-0.15, -0.1) is 0 Å². The Bertz CT molecular complexity index is 1080. The number of carbonyl (C=O) groups excluding carboxylic acids is 1. The number of aryl methyl sites for hydroxylation is 1. The second-order valence-corrected chi connectivity index (χ2v) is 7.88. The Hall–Kier alpha value is -4.06. The van der Waals surface area contributed by atoms with Crippen LogP contribution in [0.1, 0.15) is 30.0 Å². The van der Waals surface area contributed by atoms with E-state index in [1.165, 1.54) is 0 Å². The molecule has 0 aliphatic carbocycles. The van der Waals surface area contributed by atoms with Crippen LogP contribution in [0.25, 0.3) is 0 Å². The molecule has 4 rings (SSSR count). The zero-order valence-corrected chi connectivity index (χ0v) is 19.0. The average molecular weight is 440 g/mol. The van der Waals surface area contributed by atoms with Gasteiger partial charge in [0, 0.05) is 13.6 Å². The zero-order valence-electron chi connectivity index (χ0n) is 19.0. The third-order valence-electron chi connectivity index (χ3n) is 5.65. The van der Waals surface area contributed by atoms with Gasteiger partial charge in [-0.1, -0.05) is 97.9 Å². The van der Waals surface area contributed by atoms with Crippen molar-refractivity contribution in [1.29, 1.82) is 0 Å². The molecule has 6 heteroatoms. The topological polar surface area (TPSA) is 71.0 Å². The van der Waals surface area contributed by atoms with Crippen LogP contribution in [0.15, 0.2) is 97.2 Å². The number of nitrogens with one attached hydrogen (secondary N) is 3. The van der Waals surface area contributed by atoms with Crippen LogP contribution in [0.3, 0.4) is 0 Å². The maximum absolute atomic E-state index is 12.4. The highest BCUT2D eigenvalue weighted by molar-refractivity contribution is 5.92. The molecular weight excluding hydrogens is 410 g/mol. The number of anilines is 2. The van der Waals surface area contributed by atoms with E-state index in [2.05, 4.69) is 57.4 Å². The van der Waals surface area contributed by atoms with Gasteiger partial charge in [0.25, 0.3) is 0 Å². The largest absolute Gasteiger partial charge is 0.351 e. The number of nitrogens with zero attached hydrogens (tertiary/aromatic N) is 2. The first-order valence-corrected chi connectivity index (χ1v) is 11.2. The Labute approximate surface area is 194 Å². The van der Waals surface area contributed by atoms with Crippen molar-refractivity contribution in [2.24, 2.45) is 7.05 Å². The summed E-state index contributed by atoms with van der Waals surface area (Å²) in [6.45, 7) is 2.63. The quantitative estimate of drug-likeness (QED) is 0.324. The van der Waals surface area contributed by atoms with Gasteiger partial charge >= 0.3 is 6.03 Å². The molecule has 0 aliphatic heterocycles. The lowest BCUT2D eigenvalue weighted by Crippen LogP contribution is -2.39. The number of amides is 2. The monoisotopic (exact) mass is 439 g/mol. The lowest BCUT2D eigenvalue weighted by atomic mass is 9.77. The van der Waals surface area contributed by atoms with Crippen molar-refractivity contribution in [3.05, 3.63) is 114 Å². The molecule has 1 heterocycles. The maximum atomic E-state index is 12.4. The van der Waals surface area contributed by atoms with E-state index in [9.17, 15) is 4.79 Å². The minimum absolute atomic E-state index is 0.252. The molecule has 0 aliphatic rings. The molecule has 33 heavy (non-hydrogen) atoms. The van der Waals surface area contributed by atoms with E-state index >= 15 is 0 Å². The Kier molecular flexibility index (Phi) is 6.74. The second-order valence-electron chi connectivity index (χ2n) is 7.88. The molecule has 0 saturated carbocycles. The predicted octanol–water partition coefficient (Wildman–Crippen LogP) is 5.36. The van der Waals surface area contributed by atoms with Gasteiger partial charge in [-0.3, -0.25) is 4.68 Å². The molecule has 0 bridgehead atoms. The Morgan fingerprint density at radius 2 is 1.33 bits per heavy atom. The fourth-order valence-electron chi connectivity index (χ4n) is 4.04. The van der Waals surface area contributed by atoms with Gasteiger partial charge in [-0.25, -0.2) is 4.79 Å². The van der Waals surface area contributed by atoms with E-state index < -0.39 is 5.54 Å². The highest BCUT2D eigenvalue weighted by atomic mass is 16.2. The minimum Gasteiger partial charge on any atom is -0.351 e. The van der Waals surface area contributed by atoms with Crippen molar-refractivity contribution in [1.82, 2.24) is 15.1 Å². The Morgan fingerprint density at radius 3 is 1.79 bits per heavy atom. The van der Waals surface area contributed by atoms with Crippen LogP contribution in [-0.4, -0.2) is 22.4 Å². The van der Waals surface area contributed by atoms with E-state index in [4.69, 9.17) is 0 Å². The average Bonchev–Trinajstić information content (AvgIpc) is 3.21. The van der Waals surface area contributed by atoms with Gasteiger partial charge in [0.2, 0.25) is 0 Å². The van der Waals surface area contributed by atoms with E-state index in [1.807, 2.05) is 68.6 Å². The number of benzene rings is 3.